The van der Waals surface area contributed by atoms with E-state index in [4.69, 9.17) is 0 Å². The van der Waals surface area contributed by atoms with Crippen LogP contribution in [0.25, 0.3) is 0 Å². The van der Waals surface area contributed by atoms with E-state index < -0.39 is 0 Å². The van der Waals surface area contributed by atoms with Crippen LogP contribution in [0.2, 0.25) is 0 Å². The van der Waals surface area contributed by atoms with Crippen molar-refractivity contribution in [2.45, 2.75) is 26.7 Å². The number of nitrogens with one attached hydrogen (secondary N) is 1. The lowest BCUT2D eigenvalue weighted by Gasteiger charge is -2.38. The molecule has 0 bridgehead atoms. The summed E-state index contributed by atoms with van der Waals surface area (Å²) in [6.07, 6.45) is 4.46. The number of rotatable bonds is 4. The number of piperazine rings is 1. The van der Waals surface area contributed by atoms with Crippen molar-refractivity contribution in [2.24, 2.45) is 5.41 Å². The van der Waals surface area contributed by atoms with Crippen LogP contribution in [0.5, 0.6) is 0 Å². The molecule has 0 spiro atoms. The monoisotopic (exact) mass is 294 g/mol. The highest BCUT2D eigenvalue weighted by molar-refractivity contribution is 7.15. The molecule has 0 aliphatic carbocycles. The highest BCUT2D eigenvalue weighted by Gasteiger charge is 2.32. The van der Waals surface area contributed by atoms with Gasteiger partial charge in [-0.2, -0.15) is 0 Å². The number of hydrogen-bond donors (Lipinski definition) is 1. The summed E-state index contributed by atoms with van der Waals surface area (Å²) < 4.78 is 0. The van der Waals surface area contributed by atoms with Gasteiger partial charge in [-0.15, -0.1) is 11.3 Å². The minimum atomic E-state index is 0.485. The molecule has 1 aromatic rings. The summed E-state index contributed by atoms with van der Waals surface area (Å²) in [6, 6.07) is 0. The summed E-state index contributed by atoms with van der Waals surface area (Å²) in [5, 5.41) is 4.72. The Kier molecular flexibility index (Phi) is 4.29. The second-order valence-corrected chi connectivity index (χ2v) is 7.56. The summed E-state index contributed by atoms with van der Waals surface area (Å²) in [5.74, 6) is 0. The van der Waals surface area contributed by atoms with Crippen LogP contribution >= 0.6 is 11.3 Å². The van der Waals surface area contributed by atoms with Gasteiger partial charge in [0.05, 0.1) is 0 Å². The van der Waals surface area contributed by atoms with Gasteiger partial charge < -0.3 is 10.2 Å². The fourth-order valence-electron chi connectivity index (χ4n) is 3.25. The molecule has 20 heavy (non-hydrogen) atoms. The quantitative estimate of drug-likeness (QED) is 0.918. The first kappa shape index (κ1) is 14.3. The maximum absolute atomic E-state index is 4.57. The first-order valence-electron chi connectivity index (χ1n) is 7.81. The van der Waals surface area contributed by atoms with Gasteiger partial charge in [-0.25, -0.2) is 4.98 Å². The zero-order valence-corrected chi connectivity index (χ0v) is 13.5. The van der Waals surface area contributed by atoms with Crippen molar-refractivity contribution in [3.63, 3.8) is 0 Å². The molecule has 0 saturated carbocycles. The van der Waals surface area contributed by atoms with E-state index in [9.17, 15) is 0 Å². The molecular formula is C15H26N4S. The molecule has 0 radical (unpaired) electrons. The molecule has 3 heterocycles. The van der Waals surface area contributed by atoms with Gasteiger partial charge in [0.15, 0.2) is 5.13 Å². The predicted octanol–water partition coefficient (Wildman–Crippen LogP) is 1.83. The molecule has 2 aliphatic heterocycles. The second kappa shape index (κ2) is 6.00. The summed E-state index contributed by atoms with van der Waals surface area (Å²) in [5.41, 5.74) is 0.485. The van der Waals surface area contributed by atoms with Crippen LogP contribution < -0.4 is 10.2 Å². The Morgan fingerprint density at radius 3 is 2.75 bits per heavy atom. The third-order valence-electron chi connectivity index (χ3n) is 4.60. The Balaban J connectivity index is 1.51. The van der Waals surface area contributed by atoms with E-state index in [1.807, 2.05) is 17.5 Å². The van der Waals surface area contributed by atoms with Crippen LogP contribution in [0.3, 0.4) is 0 Å². The molecule has 1 N–H and O–H groups in total. The van der Waals surface area contributed by atoms with Crippen molar-refractivity contribution in [3.05, 3.63) is 11.1 Å². The van der Waals surface area contributed by atoms with E-state index in [0.29, 0.717) is 5.41 Å². The molecule has 1 atom stereocenters. The van der Waals surface area contributed by atoms with E-state index in [1.165, 1.54) is 49.2 Å². The van der Waals surface area contributed by atoms with E-state index in [1.54, 1.807) is 0 Å². The van der Waals surface area contributed by atoms with Gasteiger partial charge in [-0.3, -0.25) is 4.90 Å². The van der Waals surface area contributed by atoms with E-state index >= 15 is 0 Å². The van der Waals surface area contributed by atoms with Crippen molar-refractivity contribution >= 4 is 16.5 Å². The van der Waals surface area contributed by atoms with Gasteiger partial charge in [0.1, 0.15) is 0 Å². The number of nitrogens with zero attached hydrogens (tertiary/aromatic N) is 3. The van der Waals surface area contributed by atoms with Gasteiger partial charge in [-0.05, 0) is 24.8 Å². The maximum atomic E-state index is 4.57. The highest BCUT2D eigenvalue weighted by Crippen LogP contribution is 2.28. The molecule has 4 nitrogen and oxygen atoms in total. The van der Waals surface area contributed by atoms with E-state index in [2.05, 4.69) is 33.9 Å². The standard InChI is InChI=1S/C15H26N4S/c1-3-13-10-17-14(20-13)19-8-6-18(7-9-19)12-15(2)4-5-16-11-15/h10,16H,3-9,11-12H2,1-2H3. The molecule has 5 heteroatoms. The number of hydrogen-bond acceptors (Lipinski definition) is 5. The Labute approximate surface area is 126 Å². The summed E-state index contributed by atoms with van der Waals surface area (Å²) in [6.45, 7) is 12.8. The molecule has 2 aliphatic rings. The van der Waals surface area contributed by atoms with Crippen LogP contribution in [0, 0.1) is 5.41 Å². The van der Waals surface area contributed by atoms with Crippen LogP contribution in [0.1, 0.15) is 25.1 Å². The molecule has 2 fully saturated rings. The summed E-state index contributed by atoms with van der Waals surface area (Å²) >= 11 is 1.86. The first-order chi connectivity index (χ1) is 9.68. The van der Waals surface area contributed by atoms with Gasteiger partial charge in [0, 0.05) is 50.3 Å². The molecule has 0 aromatic carbocycles. The number of aryl methyl sites for hydroxylation is 1. The Morgan fingerprint density at radius 2 is 2.15 bits per heavy atom. The molecular weight excluding hydrogens is 268 g/mol. The Bertz CT molecular complexity index is 431. The van der Waals surface area contributed by atoms with Crippen molar-refractivity contribution in [2.75, 3.05) is 50.7 Å². The molecule has 112 valence electrons. The number of anilines is 1. The van der Waals surface area contributed by atoms with Crippen LogP contribution in [0.4, 0.5) is 5.13 Å². The molecule has 1 unspecified atom stereocenters. The summed E-state index contributed by atoms with van der Waals surface area (Å²) in [7, 11) is 0. The molecule has 2 saturated heterocycles. The Hall–Kier alpha value is -0.650. The smallest absolute Gasteiger partial charge is 0.185 e. The third-order valence-corrected chi connectivity index (χ3v) is 5.80. The normalized spacial score (nSPS) is 28.2. The zero-order valence-electron chi connectivity index (χ0n) is 12.7. The average Bonchev–Trinajstić information content (AvgIpc) is 3.09. The molecule has 1 aromatic heterocycles. The third kappa shape index (κ3) is 3.15. The largest absolute Gasteiger partial charge is 0.346 e. The van der Waals surface area contributed by atoms with Crippen molar-refractivity contribution in [1.29, 1.82) is 0 Å². The van der Waals surface area contributed by atoms with Gasteiger partial charge in [0.25, 0.3) is 0 Å². The SMILES string of the molecule is CCc1cnc(N2CCN(CC3(C)CCNC3)CC2)s1. The number of aromatic nitrogens is 1. The lowest BCUT2D eigenvalue weighted by Crippen LogP contribution is -2.49. The highest BCUT2D eigenvalue weighted by atomic mass is 32.1. The van der Waals surface area contributed by atoms with Crippen molar-refractivity contribution in [1.82, 2.24) is 15.2 Å². The van der Waals surface area contributed by atoms with Crippen LogP contribution in [0.15, 0.2) is 6.20 Å². The van der Waals surface area contributed by atoms with Crippen LogP contribution in [-0.2, 0) is 6.42 Å². The van der Waals surface area contributed by atoms with Crippen LogP contribution in [-0.4, -0.2) is 55.7 Å². The minimum Gasteiger partial charge on any atom is -0.346 e. The fourth-order valence-corrected chi connectivity index (χ4v) is 4.15. The van der Waals surface area contributed by atoms with Gasteiger partial charge in [0.2, 0.25) is 0 Å². The van der Waals surface area contributed by atoms with Gasteiger partial charge in [-0.1, -0.05) is 13.8 Å². The predicted molar refractivity (Wildman–Crippen MR) is 85.7 cm³/mol. The fraction of sp³-hybridized carbons (Fsp3) is 0.800. The molecule has 0 amide bonds. The van der Waals surface area contributed by atoms with E-state index in [0.717, 1.165) is 19.5 Å². The van der Waals surface area contributed by atoms with Crippen molar-refractivity contribution < 1.29 is 0 Å². The minimum absolute atomic E-state index is 0.485. The first-order valence-corrected chi connectivity index (χ1v) is 8.63. The Morgan fingerprint density at radius 1 is 1.35 bits per heavy atom. The maximum Gasteiger partial charge on any atom is 0.185 e. The van der Waals surface area contributed by atoms with E-state index in [-0.39, 0.29) is 0 Å². The van der Waals surface area contributed by atoms with Gasteiger partial charge >= 0.3 is 0 Å². The summed E-state index contributed by atoms with van der Waals surface area (Å²) in [4.78, 5) is 11.1. The second-order valence-electron chi connectivity index (χ2n) is 6.46. The number of thiazole rings is 1. The molecule has 3 rings (SSSR count). The zero-order chi connectivity index (χ0) is 14.0. The van der Waals surface area contributed by atoms with Crippen molar-refractivity contribution in [3.8, 4) is 0 Å². The lowest BCUT2D eigenvalue weighted by atomic mass is 9.89. The topological polar surface area (TPSA) is 31.4 Å². The lowest BCUT2D eigenvalue weighted by molar-refractivity contribution is 0.169. The average molecular weight is 294 g/mol.